The first kappa shape index (κ1) is 15.0. The van der Waals surface area contributed by atoms with Gasteiger partial charge in [0, 0.05) is 30.6 Å². The third-order valence-electron chi connectivity index (χ3n) is 4.51. The molecule has 2 saturated heterocycles. The first-order chi connectivity index (χ1) is 11.2. The topological polar surface area (TPSA) is 75.3 Å². The summed E-state index contributed by atoms with van der Waals surface area (Å²) in [4.78, 5) is 11.2. The predicted octanol–water partition coefficient (Wildman–Crippen LogP) is 2.45. The number of piperidine rings is 1. The van der Waals surface area contributed by atoms with Crippen molar-refractivity contribution in [2.24, 2.45) is 0 Å². The Morgan fingerprint density at radius 3 is 2.78 bits per heavy atom. The van der Waals surface area contributed by atoms with Crippen LogP contribution in [0.4, 0.5) is 5.82 Å². The van der Waals surface area contributed by atoms with Crippen LogP contribution in [0, 0.1) is 0 Å². The standard InChI is InChI=1S/C16H20N4O2S/c21-16(6-9-23-11-16)15-18-14(19-22-15)12-4-5-13(17-10-12)20-7-2-1-3-8-20/h4-5,10,21H,1-3,6-9,11H2. The lowest BCUT2D eigenvalue weighted by Gasteiger charge is -2.27. The first-order valence-corrected chi connectivity index (χ1v) is 9.26. The van der Waals surface area contributed by atoms with E-state index in [4.69, 9.17) is 4.52 Å². The number of pyridine rings is 1. The van der Waals surface area contributed by atoms with E-state index in [-0.39, 0.29) is 0 Å². The fraction of sp³-hybridized carbons (Fsp3) is 0.562. The Labute approximate surface area is 139 Å². The molecule has 7 heteroatoms. The molecule has 4 heterocycles. The fourth-order valence-electron chi connectivity index (χ4n) is 3.08. The molecular weight excluding hydrogens is 312 g/mol. The highest BCUT2D eigenvalue weighted by Crippen LogP contribution is 2.36. The molecule has 0 aliphatic carbocycles. The van der Waals surface area contributed by atoms with Gasteiger partial charge in [0.15, 0.2) is 5.60 Å². The molecule has 1 N–H and O–H groups in total. The number of aromatic nitrogens is 3. The zero-order chi connectivity index (χ0) is 15.7. The number of anilines is 1. The van der Waals surface area contributed by atoms with Crippen molar-refractivity contribution in [2.45, 2.75) is 31.3 Å². The third kappa shape index (κ3) is 2.95. The minimum absolute atomic E-state index is 0.317. The summed E-state index contributed by atoms with van der Waals surface area (Å²) in [5.74, 6) is 3.34. The van der Waals surface area contributed by atoms with Gasteiger partial charge in [-0.05, 0) is 43.6 Å². The molecular formula is C16H20N4O2S. The van der Waals surface area contributed by atoms with E-state index < -0.39 is 5.60 Å². The van der Waals surface area contributed by atoms with E-state index in [1.165, 1.54) is 19.3 Å². The van der Waals surface area contributed by atoms with E-state index in [0.29, 0.717) is 23.9 Å². The maximum absolute atomic E-state index is 10.5. The number of nitrogens with zero attached hydrogens (tertiary/aromatic N) is 4. The van der Waals surface area contributed by atoms with Gasteiger partial charge >= 0.3 is 0 Å². The average molecular weight is 332 g/mol. The maximum atomic E-state index is 10.5. The summed E-state index contributed by atoms with van der Waals surface area (Å²) in [6.07, 6.45) is 6.21. The Kier molecular flexibility index (Phi) is 3.98. The number of thioether (sulfide) groups is 1. The highest BCUT2D eigenvalue weighted by Gasteiger charge is 2.39. The number of aliphatic hydroxyl groups is 1. The Morgan fingerprint density at radius 2 is 2.09 bits per heavy atom. The lowest BCUT2D eigenvalue weighted by atomic mass is 10.0. The molecule has 1 unspecified atom stereocenters. The molecule has 6 nitrogen and oxygen atoms in total. The summed E-state index contributed by atoms with van der Waals surface area (Å²) >= 11 is 1.70. The molecule has 0 radical (unpaired) electrons. The molecule has 0 aromatic carbocycles. The van der Waals surface area contributed by atoms with E-state index in [1.54, 1.807) is 18.0 Å². The molecule has 0 spiro atoms. The van der Waals surface area contributed by atoms with Crippen LogP contribution in [0.2, 0.25) is 0 Å². The molecule has 0 amide bonds. The van der Waals surface area contributed by atoms with Crippen LogP contribution < -0.4 is 4.90 Å². The lowest BCUT2D eigenvalue weighted by Crippen LogP contribution is -2.29. The minimum Gasteiger partial charge on any atom is -0.379 e. The van der Waals surface area contributed by atoms with Crippen LogP contribution >= 0.6 is 11.8 Å². The van der Waals surface area contributed by atoms with Gasteiger partial charge in [-0.25, -0.2) is 4.98 Å². The van der Waals surface area contributed by atoms with Gasteiger partial charge in [0.1, 0.15) is 5.82 Å². The molecule has 122 valence electrons. The van der Waals surface area contributed by atoms with E-state index in [1.807, 2.05) is 12.1 Å². The van der Waals surface area contributed by atoms with Crippen molar-refractivity contribution in [3.8, 4) is 11.4 Å². The van der Waals surface area contributed by atoms with E-state index >= 15 is 0 Å². The number of hydrogen-bond donors (Lipinski definition) is 1. The van der Waals surface area contributed by atoms with Gasteiger partial charge < -0.3 is 14.5 Å². The minimum atomic E-state index is -0.975. The average Bonchev–Trinajstić information content (AvgIpc) is 3.26. The van der Waals surface area contributed by atoms with Crippen LogP contribution in [0.3, 0.4) is 0 Å². The molecule has 2 fully saturated rings. The Balaban J connectivity index is 1.53. The summed E-state index contributed by atoms with van der Waals surface area (Å²) in [6, 6.07) is 3.98. The van der Waals surface area contributed by atoms with Crippen molar-refractivity contribution in [1.29, 1.82) is 0 Å². The van der Waals surface area contributed by atoms with Gasteiger partial charge in [0.2, 0.25) is 5.82 Å². The van der Waals surface area contributed by atoms with Crippen LogP contribution in [0.5, 0.6) is 0 Å². The van der Waals surface area contributed by atoms with Crippen LogP contribution in [0.25, 0.3) is 11.4 Å². The maximum Gasteiger partial charge on any atom is 0.259 e. The quantitative estimate of drug-likeness (QED) is 0.925. The van der Waals surface area contributed by atoms with Crippen molar-refractivity contribution in [3.63, 3.8) is 0 Å². The van der Waals surface area contributed by atoms with Crippen molar-refractivity contribution >= 4 is 17.6 Å². The predicted molar refractivity (Wildman–Crippen MR) is 89.4 cm³/mol. The van der Waals surface area contributed by atoms with Crippen LogP contribution in [0.15, 0.2) is 22.9 Å². The van der Waals surface area contributed by atoms with Crippen LogP contribution in [-0.4, -0.2) is 44.8 Å². The summed E-state index contributed by atoms with van der Waals surface area (Å²) in [5, 5.41) is 14.5. The first-order valence-electron chi connectivity index (χ1n) is 8.10. The monoisotopic (exact) mass is 332 g/mol. The smallest absolute Gasteiger partial charge is 0.259 e. The van der Waals surface area contributed by atoms with E-state index in [0.717, 1.165) is 30.2 Å². The van der Waals surface area contributed by atoms with Gasteiger partial charge in [-0.3, -0.25) is 0 Å². The Bertz CT molecular complexity index is 661. The van der Waals surface area contributed by atoms with Gasteiger partial charge in [0.25, 0.3) is 5.89 Å². The summed E-state index contributed by atoms with van der Waals surface area (Å²) in [7, 11) is 0. The second-order valence-corrected chi connectivity index (χ2v) is 7.32. The van der Waals surface area contributed by atoms with Crippen LogP contribution in [0.1, 0.15) is 31.6 Å². The van der Waals surface area contributed by atoms with Gasteiger partial charge in [0.05, 0.1) is 0 Å². The van der Waals surface area contributed by atoms with Crippen molar-refractivity contribution < 1.29 is 9.63 Å². The second-order valence-electron chi connectivity index (χ2n) is 6.21. The molecule has 2 aliphatic rings. The molecule has 1 atom stereocenters. The molecule has 4 rings (SSSR count). The van der Waals surface area contributed by atoms with Gasteiger partial charge in [-0.15, -0.1) is 0 Å². The molecule has 0 bridgehead atoms. The largest absolute Gasteiger partial charge is 0.379 e. The Hall–Kier alpha value is -1.60. The lowest BCUT2D eigenvalue weighted by molar-refractivity contribution is 0.0307. The fourth-order valence-corrected chi connectivity index (χ4v) is 4.31. The van der Waals surface area contributed by atoms with Crippen molar-refractivity contribution in [1.82, 2.24) is 15.1 Å². The van der Waals surface area contributed by atoms with Crippen molar-refractivity contribution in [3.05, 3.63) is 24.2 Å². The molecule has 2 aromatic heterocycles. The highest BCUT2D eigenvalue weighted by atomic mass is 32.2. The molecule has 2 aromatic rings. The molecule has 0 saturated carbocycles. The SMILES string of the molecule is OC1(c2nc(-c3ccc(N4CCCCC4)nc3)no2)CCSC1. The molecule has 2 aliphatic heterocycles. The molecule has 23 heavy (non-hydrogen) atoms. The normalized spacial score (nSPS) is 25.0. The third-order valence-corrected chi connectivity index (χ3v) is 5.69. The zero-order valence-corrected chi connectivity index (χ0v) is 13.8. The van der Waals surface area contributed by atoms with Gasteiger partial charge in [-0.2, -0.15) is 16.7 Å². The van der Waals surface area contributed by atoms with Crippen molar-refractivity contribution in [2.75, 3.05) is 29.5 Å². The zero-order valence-electron chi connectivity index (χ0n) is 12.9. The number of hydrogen-bond acceptors (Lipinski definition) is 7. The second kappa shape index (κ2) is 6.13. The van der Waals surface area contributed by atoms with E-state index in [2.05, 4.69) is 20.0 Å². The Morgan fingerprint density at radius 1 is 1.22 bits per heavy atom. The highest BCUT2D eigenvalue weighted by molar-refractivity contribution is 7.99. The summed E-state index contributed by atoms with van der Waals surface area (Å²) in [5.41, 5.74) is -0.160. The van der Waals surface area contributed by atoms with Gasteiger partial charge in [-0.1, -0.05) is 5.16 Å². The van der Waals surface area contributed by atoms with E-state index in [9.17, 15) is 5.11 Å². The summed E-state index contributed by atoms with van der Waals surface area (Å²) in [6.45, 7) is 2.15. The number of rotatable bonds is 3. The summed E-state index contributed by atoms with van der Waals surface area (Å²) < 4.78 is 5.29. The van der Waals surface area contributed by atoms with Crippen LogP contribution in [-0.2, 0) is 5.60 Å².